The average molecular weight is 470 g/mol. The van der Waals surface area contributed by atoms with Gasteiger partial charge < -0.3 is 24.6 Å². The lowest BCUT2D eigenvalue weighted by Gasteiger charge is -2.27. The van der Waals surface area contributed by atoms with Crippen LogP contribution >= 0.6 is 24.0 Å². The van der Waals surface area contributed by atoms with E-state index in [1.54, 1.807) is 19.1 Å². The van der Waals surface area contributed by atoms with Crippen LogP contribution in [0.4, 0.5) is 4.79 Å². The molecule has 1 unspecified atom stereocenters. The van der Waals surface area contributed by atoms with Gasteiger partial charge in [-0.05, 0) is 34.1 Å². The number of rotatable bonds is 6. The highest BCUT2D eigenvalue weighted by atomic mass is 127. The van der Waals surface area contributed by atoms with Gasteiger partial charge in [-0.1, -0.05) is 0 Å². The molecule has 1 saturated heterocycles. The maximum atomic E-state index is 12.1. The van der Waals surface area contributed by atoms with Crippen LogP contribution in [0.5, 0.6) is 0 Å². The molecule has 0 aromatic rings. The Kier molecular flexibility index (Phi) is 11.4. The van der Waals surface area contributed by atoms with Gasteiger partial charge in [-0.25, -0.2) is 4.79 Å². The second-order valence-corrected chi connectivity index (χ2v) is 7.09. The lowest BCUT2D eigenvalue weighted by Crippen LogP contribution is -2.45. The standard InChI is InChI=1S/C17H34N4O3.HI/c1-7-20(16(22)24-17(2,3)4)11-9-19-15(18-5)21-10-8-14(12-21)13-23-6;/h14H,7-13H2,1-6H3,(H,18,19);1H. The summed E-state index contributed by atoms with van der Waals surface area (Å²) >= 11 is 0. The molecule has 8 heteroatoms. The summed E-state index contributed by atoms with van der Waals surface area (Å²) in [5.74, 6) is 1.44. The normalized spacial score (nSPS) is 17.9. The molecule has 1 atom stereocenters. The zero-order valence-electron chi connectivity index (χ0n) is 16.5. The predicted molar refractivity (Wildman–Crippen MR) is 112 cm³/mol. The number of nitrogens with zero attached hydrogens (tertiary/aromatic N) is 3. The van der Waals surface area contributed by atoms with Crippen LogP contribution in [0.25, 0.3) is 0 Å². The van der Waals surface area contributed by atoms with E-state index in [4.69, 9.17) is 9.47 Å². The highest BCUT2D eigenvalue weighted by Gasteiger charge is 2.25. The van der Waals surface area contributed by atoms with Crippen molar-refractivity contribution in [2.45, 2.75) is 39.7 Å². The maximum absolute atomic E-state index is 12.1. The number of hydrogen-bond acceptors (Lipinski definition) is 4. The molecule has 148 valence electrons. The van der Waals surface area contributed by atoms with Crippen molar-refractivity contribution in [3.05, 3.63) is 0 Å². The topological polar surface area (TPSA) is 66.4 Å². The zero-order chi connectivity index (χ0) is 18.2. The second kappa shape index (κ2) is 11.8. The first kappa shape index (κ1) is 24.2. The first-order valence-electron chi connectivity index (χ1n) is 8.73. The summed E-state index contributed by atoms with van der Waals surface area (Å²) in [5, 5.41) is 3.34. The van der Waals surface area contributed by atoms with Crippen LogP contribution in [0.2, 0.25) is 0 Å². The van der Waals surface area contributed by atoms with Gasteiger partial charge in [-0.3, -0.25) is 4.99 Å². The third kappa shape index (κ3) is 8.94. The number of guanidine groups is 1. The molecule has 1 rings (SSSR count). The number of amides is 1. The van der Waals surface area contributed by atoms with E-state index < -0.39 is 5.60 Å². The van der Waals surface area contributed by atoms with Crippen LogP contribution in [0.15, 0.2) is 4.99 Å². The van der Waals surface area contributed by atoms with E-state index in [2.05, 4.69) is 15.2 Å². The molecule has 1 aliphatic heterocycles. The highest BCUT2D eigenvalue weighted by molar-refractivity contribution is 14.0. The molecule has 0 aromatic heterocycles. The number of likely N-dealkylation sites (N-methyl/N-ethyl adjacent to an activating group) is 1. The molecule has 0 aliphatic carbocycles. The molecule has 0 radical (unpaired) electrons. The summed E-state index contributed by atoms with van der Waals surface area (Å²) in [6, 6.07) is 0. The van der Waals surface area contributed by atoms with Crippen molar-refractivity contribution < 1.29 is 14.3 Å². The summed E-state index contributed by atoms with van der Waals surface area (Å²) in [6.07, 6.45) is 0.844. The molecular weight excluding hydrogens is 435 g/mol. The number of carbonyl (C=O) groups is 1. The number of likely N-dealkylation sites (tertiary alicyclic amines) is 1. The molecule has 25 heavy (non-hydrogen) atoms. The van der Waals surface area contributed by atoms with Gasteiger partial charge in [-0.2, -0.15) is 0 Å². The van der Waals surface area contributed by atoms with E-state index in [9.17, 15) is 4.79 Å². The third-order valence-electron chi connectivity index (χ3n) is 3.90. The van der Waals surface area contributed by atoms with Crippen molar-refractivity contribution in [3.8, 4) is 0 Å². The molecule has 0 aromatic carbocycles. The van der Waals surface area contributed by atoms with Crippen molar-refractivity contribution in [1.82, 2.24) is 15.1 Å². The van der Waals surface area contributed by atoms with Crippen LogP contribution in [-0.2, 0) is 9.47 Å². The first-order chi connectivity index (χ1) is 11.3. The number of carbonyl (C=O) groups excluding carboxylic acids is 1. The Morgan fingerprint density at radius 3 is 2.60 bits per heavy atom. The number of hydrogen-bond donors (Lipinski definition) is 1. The second-order valence-electron chi connectivity index (χ2n) is 7.09. The van der Waals surface area contributed by atoms with Crippen molar-refractivity contribution in [2.75, 3.05) is 53.5 Å². The summed E-state index contributed by atoms with van der Waals surface area (Å²) in [5.41, 5.74) is -0.472. The van der Waals surface area contributed by atoms with Crippen LogP contribution in [-0.4, -0.2) is 80.9 Å². The van der Waals surface area contributed by atoms with E-state index in [1.807, 2.05) is 27.7 Å². The van der Waals surface area contributed by atoms with E-state index in [-0.39, 0.29) is 30.1 Å². The minimum absolute atomic E-state index is 0. The number of aliphatic imine (C=N–C) groups is 1. The fourth-order valence-electron chi connectivity index (χ4n) is 2.74. The Morgan fingerprint density at radius 2 is 2.08 bits per heavy atom. The van der Waals surface area contributed by atoms with Crippen molar-refractivity contribution >= 4 is 36.0 Å². The van der Waals surface area contributed by atoms with Crippen LogP contribution in [0.3, 0.4) is 0 Å². The van der Waals surface area contributed by atoms with Crippen LogP contribution in [0, 0.1) is 5.92 Å². The smallest absolute Gasteiger partial charge is 0.410 e. The Labute approximate surface area is 169 Å². The van der Waals surface area contributed by atoms with Gasteiger partial charge in [0, 0.05) is 52.8 Å². The van der Waals surface area contributed by atoms with Crippen molar-refractivity contribution in [2.24, 2.45) is 10.9 Å². The largest absolute Gasteiger partial charge is 0.444 e. The fraction of sp³-hybridized carbons (Fsp3) is 0.882. The van der Waals surface area contributed by atoms with E-state index >= 15 is 0 Å². The Bertz CT molecular complexity index is 427. The Hall–Kier alpha value is -0.770. The van der Waals surface area contributed by atoms with Crippen molar-refractivity contribution in [1.29, 1.82) is 0 Å². The lowest BCUT2D eigenvalue weighted by atomic mass is 10.1. The first-order valence-corrected chi connectivity index (χ1v) is 8.73. The molecule has 1 N–H and O–H groups in total. The van der Waals surface area contributed by atoms with Gasteiger partial charge in [0.1, 0.15) is 5.60 Å². The molecule has 1 amide bonds. The SMILES string of the molecule is CCN(CCNC(=NC)N1CCC(COC)C1)C(=O)OC(C)(C)C.I. The summed E-state index contributed by atoms with van der Waals surface area (Å²) in [7, 11) is 3.53. The van der Waals surface area contributed by atoms with Crippen LogP contribution in [0.1, 0.15) is 34.1 Å². The minimum atomic E-state index is -0.472. The number of nitrogens with one attached hydrogen (secondary N) is 1. The highest BCUT2D eigenvalue weighted by Crippen LogP contribution is 2.16. The quantitative estimate of drug-likeness (QED) is 0.367. The molecule has 1 heterocycles. The Balaban J connectivity index is 0.00000576. The molecule has 1 fully saturated rings. The van der Waals surface area contributed by atoms with E-state index in [0.29, 0.717) is 25.6 Å². The lowest BCUT2D eigenvalue weighted by molar-refractivity contribution is 0.0263. The van der Waals surface area contributed by atoms with E-state index in [0.717, 1.165) is 32.1 Å². The van der Waals surface area contributed by atoms with E-state index in [1.165, 1.54) is 0 Å². The average Bonchev–Trinajstić information content (AvgIpc) is 2.94. The van der Waals surface area contributed by atoms with Gasteiger partial charge in [-0.15, -0.1) is 24.0 Å². The maximum Gasteiger partial charge on any atom is 0.410 e. The molecule has 0 bridgehead atoms. The summed E-state index contributed by atoms with van der Waals surface area (Å²) < 4.78 is 10.7. The molecule has 0 saturated carbocycles. The van der Waals surface area contributed by atoms with Gasteiger partial charge in [0.05, 0.1) is 6.61 Å². The number of methoxy groups -OCH3 is 1. The van der Waals surface area contributed by atoms with Crippen molar-refractivity contribution in [3.63, 3.8) is 0 Å². The molecule has 1 aliphatic rings. The van der Waals surface area contributed by atoms with Gasteiger partial charge in [0.15, 0.2) is 5.96 Å². The summed E-state index contributed by atoms with van der Waals surface area (Å²) in [6.45, 7) is 12.2. The number of halogens is 1. The van der Waals surface area contributed by atoms with Gasteiger partial charge in [0.25, 0.3) is 0 Å². The van der Waals surface area contributed by atoms with Gasteiger partial charge >= 0.3 is 6.09 Å². The zero-order valence-corrected chi connectivity index (χ0v) is 18.8. The monoisotopic (exact) mass is 470 g/mol. The Morgan fingerprint density at radius 1 is 1.40 bits per heavy atom. The van der Waals surface area contributed by atoms with Crippen LogP contribution < -0.4 is 5.32 Å². The summed E-state index contributed by atoms with van der Waals surface area (Å²) in [4.78, 5) is 20.4. The molecule has 7 nitrogen and oxygen atoms in total. The van der Waals surface area contributed by atoms with Gasteiger partial charge in [0.2, 0.25) is 0 Å². The minimum Gasteiger partial charge on any atom is -0.444 e. The third-order valence-corrected chi connectivity index (χ3v) is 3.90. The predicted octanol–water partition coefficient (Wildman–Crippen LogP) is 2.41. The molecular formula is C17H35IN4O3. The molecule has 0 spiro atoms. The fourth-order valence-corrected chi connectivity index (χ4v) is 2.74. The number of ether oxygens (including phenoxy) is 2.